The molecule has 0 saturated carbocycles. The minimum absolute atomic E-state index is 0.126. The van der Waals surface area contributed by atoms with Gasteiger partial charge in [-0.3, -0.25) is 4.79 Å². The Hall–Kier alpha value is -3.24. The molecule has 4 nitrogen and oxygen atoms in total. The second kappa shape index (κ2) is 7.88. The van der Waals surface area contributed by atoms with Crippen LogP contribution in [0.15, 0.2) is 72.8 Å². The molecule has 1 aromatic heterocycles. The van der Waals surface area contributed by atoms with E-state index < -0.39 is 0 Å². The number of hydrogen-bond acceptors (Lipinski definition) is 3. The molecule has 1 atom stereocenters. The maximum Gasteiger partial charge on any atom is 0.270 e. The summed E-state index contributed by atoms with van der Waals surface area (Å²) in [6.07, 6.45) is 0. The number of nitrogens with one attached hydrogen (secondary N) is 1. The highest BCUT2D eigenvalue weighted by Crippen LogP contribution is 2.33. The van der Waals surface area contributed by atoms with Gasteiger partial charge < -0.3 is 10.4 Å². The normalized spacial score (nSPS) is 12.8. The summed E-state index contributed by atoms with van der Waals surface area (Å²) in [5.74, 6) is -0.281. The van der Waals surface area contributed by atoms with Gasteiger partial charge in [0.1, 0.15) is 5.69 Å². The molecule has 0 fully saturated rings. The van der Waals surface area contributed by atoms with Crippen molar-refractivity contribution >= 4 is 27.5 Å². The summed E-state index contributed by atoms with van der Waals surface area (Å²) in [7, 11) is 0. The summed E-state index contributed by atoms with van der Waals surface area (Å²) >= 11 is 0. The van der Waals surface area contributed by atoms with Crippen LogP contribution in [0.5, 0.6) is 0 Å². The van der Waals surface area contributed by atoms with Gasteiger partial charge in [0.25, 0.3) is 5.91 Å². The predicted molar refractivity (Wildman–Crippen MR) is 122 cm³/mol. The van der Waals surface area contributed by atoms with E-state index in [9.17, 15) is 9.90 Å². The van der Waals surface area contributed by atoms with E-state index in [1.165, 1.54) is 0 Å². The molecule has 4 aromatic rings. The van der Waals surface area contributed by atoms with Crippen molar-refractivity contribution in [3.05, 3.63) is 78.5 Å². The van der Waals surface area contributed by atoms with Gasteiger partial charge in [0, 0.05) is 10.9 Å². The molecular formula is C26H26N2O2. The Morgan fingerprint density at radius 2 is 1.57 bits per heavy atom. The van der Waals surface area contributed by atoms with Crippen LogP contribution in [0.4, 0.5) is 0 Å². The summed E-state index contributed by atoms with van der Waals surface area (Å²) in [5.41, 5.74) is 1.86. The van der Waals surface area contributed by atoms with Crippen molar-refractivity contribution in [1.82, 2.24) is 10.3 Å². The van der Waals surface area contributed by atoms with Crippen LogP contribution < -0.4 is 5.32 Å². The first-order chi connectivity index (χ1) is 14.4. The molecule has 1 heterocycles. The number of pyridine rings is 1. The number of rotatable bonds is 4. The lowest BCUT2D eigenvalue weighted by Gasteiger charge is -2.29. The summed E-state index contributed by atoms with van der Waals surface area (Å²) in [6.45, 7) is 5.84. The smallest absolute Gasteiger partial charge is 0.270 e. The molecule has 4 rings (SSSR count). The Morgan fingerprint density at radius 3 is 2.27 bits per heavy atom. The van der Waals surface area contributed by atoms with Crippen LogP contribution >= 0.6 is 0 Å². The average molecular weight is 399 g/mol. The van der Waals surface area contributed by atoms with Crippen LogP contribution in [0.1, 0.15) is 31.3 Å². The summed E-state index contributed by atoms with van der Waals surface area (Å²) in [4.78, 5) is 17.9. The lowest BCUT2D eigenvalue weighted by molar-refractivity contribution is 0.0843. The number of hydrogen-bond donors (Lipinski definition) is 2. The highest BCUT2D eigenvalue weighted by Gasteiger charge is 2.26. The van der Waals surface area contributed by atoms with Crippen molar-refractivity contribution in [2.45, 2.75) is 26.8 Å². The molecule has 0 unspecified atom stereocenters. The number of carbonyl (C=O) groups excluding carboxylic acids is 1. The molecule has 1 amide bonds. The fourth-order valence-corrected chi connectivity index (χ4v) is 3.72. The summed E-state index contributed by atoms with van der Waals surface area (Å²) in [6, 6.07) is 23.8. The van der Waals surface area contributed by atoms with Gasteiger partial charge in [-0.2, -0.15) is 0 Å². The van der Waals surface area contributed by atoms with Crippen molar-refractivity contribution in [3.8, 4) is 11.3 Å². The SMILES string of the molecule is CC(C)(C)[C@@H](CO)NC(=O)c1cc2ccccc2c(-c2cccc3ccccc23)n1. The first-order valence-corrected chi connectivity index (χ1v) is 10.2. The average Bonchev–Trinajstić information content (AvgIpc) is 2.75. The van der Waals surface area contributed by atoms with E-state index in [-0.39, 0.29) is 24.0 Å². The van der Waals surface area contributed by atoms with E-state index in [1.807, 2.05) is 75.4 Å². The lowest BCUT2D eigenvalue weighted by atomic mass is 9.87. The van der Waals surface area contributed by atoms with Crippen LogP contribution in [0.2, 0.25) is 0 Å². The first kappa shape index (κ1) is 20.0. The molecule has 0 aliphatic rings. The van der Waals surface area contributed by atoms with Gasteiger partial charge >= 0.3 is 0 Å². The van der Waals surface area contributed by atoms with E-state index in [0.29, 0.717) is 5.69 Å². The molecule has 4 heteroatoms. The second-order valence-corrected chi connectivity index (χ2v) is 8.68. The molecule has 0 spiro atoms. The third-order valence-electron chi connectivity index (χ3n) is 5.55. The molecule has 0 aliphatic heterocycles. The minimum Gasteiger partial charge on any atom is -0.394 e. The van der Waals surface area contributed by atoms with Crippen molar-refractivity contribution in [2.75, 3.05) is 6.61 Å². The van der Waals surface area contributed by atoms with Crippen LogP contribution in [0.25, 0.3) is 32.8 Å². The number of fused-ring (bicyclic) bond motifs is 2. The third kappa shape index (κ3) is 3.79. The fourth-order valence-electron chi connectivity index (χ4n) is 3.72. The Bertz CT molecular complexity index is 1220. The Morgan fingerprint density at radius 1 is 0.933 bits per heavy atom. The van der Waals surface area contributed by atoms with Crippen molar-refractivity contribution in [2.24, 2.45) is 5.41 Å². The van der Waals surface area contributed by atoms with Gasteiger partial charge in [-0.05, 0) is 27.6 Å². The number of aliphatic hydroxyl groups is 1. The van der Waals surface area contributed by atoms with Crippen LogP contribution in [0.3, 0.4) is 0 Å². The molecule has 152 valence electrons. The molecule has 0 bridgehead atoms. The Kier molecular flexibility index (Phi) is 5.27. The van der Waals surface area contributed by atoms with Gasteiger partial charge in [0.05, 0.1) is 18.3 Å². The lowest BCUT2D eigenvalue weighted by Crippen LogP contribution is -2.46. The van der Waals surface area contributed by atoms with Gasteiger partial charge in [-0.15, -0.1) is 0 Å². The van der Waals surface area contributed by atoms with Crippen molar-refractivity contribution in [1.29, 1.82) is 0 Å². The quantitative estimate of drug-likeness (QED) is 0.497. The molecule has 30 heavy (non-hydrogen) atoms. The second-order valence-electron chi connectivity index (χ2n) is 8.68. The zero-order chi connectivity index (χ0) is 21.3. The number of aromatic nitrogens is 1. The monoisotopic (exact) mass is 398 g/mol. The van der Waals surface area contributed by atoms with Crippen LogP contribution in [-0.2, 0) is 0 Å². The Balaban J connectivity index is 1.88. The van der Waals surface area contributed by atoms with E-state index in [0.717, 1.165) is 32.8 Å². The number of nitrogens with zero attached hydrogens (tertiary/aromatic N) is 1. The molecule has 0 aliphatic carbocycles. The van der Waals surface area contributed by atoms with E-state index in [4.69, 9.17) is 4.98 Å². The highest BCUT2D eigenvalue weighted by atomic mass is 16.3. The van der Waals surface area contributed by atoms with Crippen LogP contribution in [0, 0.1) is 5.41 Å². The maximum atomic E-state index is 13.1. The summed E-state index contributed by atoms with van der Waals surface area (Å²) in [5, 5.41) is 16.9. The largest absolute Gasteiger partial charge is 0.394 e. The van der Waals surface area contributed by atoms with Gasteiger partial charge in [-0.1, -0.05) is 87.5 Å². The molecule has 0 saturated heterocycles. The zero-order valence-electron chi connectivity index (χ0n) is 17.5. The van der Waals surface area contributed by atoms with Gasteiger partial charge in [0.15, 0.2) is 0 Å². The van der Waals surface area contributed by atoms with Crippen LogP contribution in [-0.4, -0.2) is 28.6 Å². The Labute approximate surface area is 176 Å². The number of carbonyl (C=O) groups is 1. The highest BCUT2D eigenvalue weighted by molar-refractivity contribution is 6.06. The summed E-state index contributed by atoms with van der Waals surface area (Å²) < 4.78 is 0. The van der Waals surface area contributed by atoms with Gasteiger partial charge in [-0.25, -0.2) is 4.98 Å². The van der Waals surface area contributed by atoms with Crippen molar-refractivity contribution < 1.29 is 9.90 Å². The standard InChI is InChI=1S/C26H26N2O2/c1-26(2,3)23(16-29)28-25(30)22-15-18-10-5-7-13-20(18)24(27-22)21-14-8-11-17-9-4-6-12-19(17)21/h4-15,23,29H,16H2,1-3H3,(H,28,30)/t23-/m1/s1. The van der Waals surface area contributed by atoms with Crippen molar-refractivity contribution in [3.63, 3.8) is 0 Å². The number of benzene rings is 3. The third-order valence-corrected chi connectivity index (χ3v) is 5.55. The molecular weight excluding hydrogens is 372 g/mol. The molecule has 0 radical (unpaired) electrons. The van der Waals surface area contributed by atoms with E-state index in [2.05, 4.69) is 23.5 Å². The minimum atomic E-state index is -0.362. The van der Waals surface area contributed by atoms with E-state index in [1.54, 1.807) is 0 Å². The number of aliphatic hydroxyl groups excluding tert-OH is 1. The topological polar surface area (TPSA) is 62.2 Å². The fraction of sp³-hybridized carbons (Fsp3) is 0.231. The van der Waals surface area contributed by atoms with E-state index >= 15 is 0 Å². The molecule has 3 aromatic carbocycles. The maximum absolute atomic E-state index is 13.1. The first-order valence-electron chi connectivity index (χ1n) is 10.2. The predicted octanol–water partition coefficient (Wildman–Crippen LogP) is 5.19. The zero-order valence-corrected chi connectivity index (χ0v) is 17.5. The number of amides is 1. The molecule has 2 N–H and O–H groups in total. The van der Waals surface area contributed by atoms with Gasteiger partial charge in [0.2, 0.25) is 0 Å².